The lowest BCUT2D eigenvalue weighted by Gasteiger charge is -2.53. The Bertz CT molecular complexity index is 1410. The molecule has 0 saturated heterocycles. The van der Waals surface area contributed by atoms with Crippen molar-refractivity contribution in [1.29, 1.82) is 0 Å². The van der Waals surface area contributed by atoms with Crippen molar-refractivity contribution in [3.63, 3.8) is 0 Å². The Hall–Kier alpha value is -3.99. The van der Waals surface area contributed by atoms with Gasteiger partial charge in [-0.05, 0) is 31.3 Å². The first kappa shape index (κ1) is 24.7. The molecule has 2 aromatic carbocycles. The average molecular weight is 507 g/mol. The summed E-state index contributed by atoms with van der Waals surface area (Å²) in [5, 5.41) is 56.7. The molecule has 0 aliphatic heterocycles. The van der Waals surface area contributed by atoms with Crippen LogP contribution in [0, 0.1) is 11.8 Å². The van der Waals surface area contributed by atoms with E-state index >= 15 is 0 Å². The van der Waals surface area contributed by atoms with Gasteiger partial charge in [0.1, 0.15) is 22.8 Å². The van der Waals surface area contributed by atoms with Crippen molar-refractivity contribution in [1.82, 2.24) is 4.90 Å². The van der Waals surface area contributed by atoms with Crippen molar-refractivity contribution in [2.24, 2.45) is 17.6 Å². The third-order valence-electron chi connectivity index (χ3n) is 7.82. The van der Waals surface area contributed by atoms with E-state index in [1.165, 1.54) is 25.1 Å². The molecule has 0 saturated carbocycles. The van der Waals surface area contributed by atoms with Crippen LogP contribution in [-0.2, 0) is 9.59 Å². The maximum atomic E-state index is 13.7. The summed E-state index contributed by atoms with van der Waals surface area (Å²) >= 11 is 0. The quantitative estimate of drug-likeness (QED) is 0.326. The van der Waals surface area contributed by atoms with E-state index in [4.69, 9.17) is 5.73 Å². The Kier molecular flexibility index (Phi) is 5.52. The van der Waals surface area contributed by atoms with E-state index in [2.05, 4.69) is 0 Å². The molecule has 5 rings (SSSR count). The largest absolute Gasteiger partial charge is 0.510 e. The number of primary amides is 1. The highest BCUT2D eigenvalue weighted by molar-refractivity contribution is 6.25. The van der Waals surface area contributed by atoms with Crippen LogP contribution in [0.25, 0.3) is 0 Å². The van der Waals surface area contributed by atoms with Crippen molar-refractivity contribution >= 4 is 17.5 Å². The molecule has 2 aromatic rings. The number of fused-ring (bicyclic) bond motifs is 3. The monoisotopic (exact) mass is 506 g/mol. The number of hydrogen-bond acceptors (Lipinski definition) is 9. The van der Waals surface area contributed by atoms with Crippen molar-refractivity contribution < 1.29 is 39.9 Å². The van der Waals surface area contributed by atoms with Crippen LogP contribution in [0.5, 0.6) is 5.75 Å². The summed E-state index contributed by atoms with van der Waals surface area (Å²) in [5.74, 6) is -9.33. The van der Waals surface area contributed by atoms with E-state index in [0.717, 1.165) is 0 Å². The van der Waals surface area contributed by atoms with Gasteiger partial charge in [0.15, 0.2) is 11.4 Å². The number of nitrogens with two attached hydrogens (primary N) is 1. The summed E-state index contributed by atoms with van der Waals surface area (Å²) < 4.78 is 0. The molecule has 0 fully saturated rings. The third kappa shape index (κ3) is 3.13. The molecule has 0 unspecified atom stereocenters. The Morgan fingerprint density at radius 3 is 2.24 bits per heavy atom. The maximum absolute atomic E-state index is 13.7. The van der Waals surface area contributed by atoms with Crippen molar-refractivity contribution in [3.8, 4) is 5.75 Å². The second-order valence-electron chi connectivity index (χ2n) is 9.89. The Balaban J connectivity index is 1.87. The summed E-state index contributed by atoms with van der Waals surface area (Å²) in [6, 6.07) is 12.0. The standard InChI is InChI=1S/C27H26N2O8/c1-29(2)20-19-22(32)16-14(11-7-4-3-5-8-11)12-9-6-10-13(30)15(12)21(31)17(16)24(34)27(19,37)25(35)18(23(20)33)26(28)36/h3-10,14,16,19-20,22,30,32-34,37H,1-2H3,(H2,28,36)/t14-,16+,19+,20-,22-,27-/m0/s1. The highest BCUT2D eigenvalue weighted by Gasteiger charge is 2.67. The predicted octanol–water partition coefficient (Wildman–Crippen LogP) is 0.681. The van der Waals surface area contributed by atoms with E-state index in [1.807, 2.05) is 0 Å². The van der Waals surface area contributed by atoms with E-state index in [9.17, 15) is 39.9 Å². The second-order valence-corrected chi connectivity index (χ2v) is 9.89. The molecule has 0 spiro atoms. The number of phenols is 1. The van der Waals surface area contributed by atoms with E-state index < -0.39 is 75.6 Å². The highest BCUT2D eigenvalue weighted by Crippen LogP contribution is 2.56. The number of ketones is 2. The van der Waals surface area contributed by atoms with Gasteiger partial charge in [0.25, 0.3) is 5.91 Å². The molecule has 0 aromatic heterocycles. The van der Waals surface area contributed by atoms with E-state index in [1.54, 1.807) is 42.5 Å². The number of carbonyl (C=O) groups excluding carboxylic acids is 3. The van der Waals surface area contributed by atoms with E-state index in [0.29, 0.717) is 11.1 Å². The van der Waals surface area contributed by atoms with Crippen molar-refractivity contribution in [2.75, 3.05) is 14.1 Å². The summed E-state index contributed by atoms with van der Waals surface area (Å²) in [6.45, 7) is 0. The summed E-state index contributed by atoms with van der Waals surface area (Å²) in [6.07, 6.45) is -1.67. The predicted molar refractivity (Wildman–Crippen MR) is 130 cm³/mol. The van der Waals surface area contributed by atoms with Crippen LogP contribution in [0.15, 0.2) is 71.2 Å². The molecule has 1 amide bonds. The molecule has 37 heavy (non-hydrogen) atoms. The van der Waals surface area contributed by atoms with E-state index in [-0.39, 0.29) is 11.3 Å². The first-order chi connectivity index (χ1) is 17.4. The van der Waals surface area contributed by atoms with Crippen LogP contribution in [0.4, 0.5) is 0 Å². The number of aromatic hydroxyl groups is 1. The fraction of sp³-hybridized carbons (Fsp3) is 0.296. The number of benzene rings is 2. The summed E-state index contributed by atoms with van der Waals surface area (Å²) in [5.41, 5.74) is 1.91. The number of aliphatic hydroxyl groups excluding tert-OH is 3. The SMILES string of the molecule is CN(C)[C@@H]1C(O)=C(C(N)=O)C(=O)[C@@]2(O)C(O)=C3C(=O)c4c(O)cccc4[C@H](c4ccccc4)[C@H]3[C@H](O)[C@@H]12. The molecule has 10 nitrogen and oxygen atoms in total. The average Bonchev–Trinajstić information content (AvgIpc) is 2.84. The number of nitrogens with zero attached hydrogens (tertiary/aromatic N) is 1. The lowest BCUT2D eigenvalue weighted by molar-refractivity contribution is -0.162. The van der Waals surface area contributed by atoms with Gasteiger partial charge in [-0.15, -0.1) is 0 Å². The Morgan fingerprint density at radius 1 is 1.00 bits per heavy atom. The molecule has 0 heterocycles. The number of hydrogen-bond donors (Lipinski definition) is 6. The van der Waals surface area contributed by atoms with Gasteiger partial charge in [0, 0.05) is 17.4 Å². The molecule has 10 heteroatoms. The first-order valence-corrected chi connectivity index (χ1v) is 11.6. The minimum atomic E-state index is -2.95. The van der Waals surface area contributed by atoms with Crippen LogP contribution >= 0.6 is 0 Å². The number of amides is 1. The van der Waals surface area contributed by atoms with Gasteiger partial charge < -0.3 is 31.3 Å². The van der Waals surface area contributed by atoms with Gasteiger partial charge in [-0.1, -0.05) is 42.5 Å². The fourth-order valence-corrected chi connectivity index (χ4v) is 6.33. The molecule has 0 radical (unpaired) electrons. The summed E-state index contributed by atoms with van der Waals surface area (Å²) in [7, 11) is 2.99. The zero-order valence-electron chi connectivity index (χ0n) is 20.0. The van der Waals surface area contributed by atoms with Crippen LogP contribution in [0.2, 0.25) is 0 Å². The van der Waals surface area contributed by atoms with Crippen molar-refractivity contribution in [2.45, 2.75) is 23.7 Å². The topological polar surface area (TPSA) is 182 Å². The number of aliphatic hydroxyl groups is 4. The van der Waals surface area contributed by atoms with Crippen LogP contribution in [-0.4, -0.2) is 79.7 Å². The number of phenolic OH excluding ortho intramolecular Hbond substituents is 1. The Morgan fingerprint density at radius 2 is 1.65 bits per heavy atom. The lowest BCUT2D eigenvalue weighted by Crippen LogP contribution is -2.68. The molecule has 0 bridgehead atoms. The minimum absolute atomic E-state index is 0.135. The highest BCUT2D eigenvalue weighted by atomic mass is 16.4. The first-order valence-electron chi connectivity index (χ1n) is 11.6. The normalized spacial score (nSPS) is 31.2. The van der Waals surface area contributed by atoms with Crippen molar-refractivity contribution in [3.05, 3.63) is 87.9 Å². The van der Waals surface area contributed by atoms with Gasteiger partial charge >= 0.3 is 0 Å². The smallest absolute Gasteiger partial charge is 0.255 e. The molecule has 6 atom stereocenters. The molecule has 3 aliphatic carbocycles. The molecule has 3 aliphatic rings. The fourth-order valence-electron chi connectivity index (χ4n) is 6.33. The van der Waals surface area contributed by atoms with Crippen LogP contribution in [0.3, 0.4) is 0 Å². The molecular weight excluding hydrogens is 480 g/mol. The van der Waals surface area contributed by atoms with Crippen LogP contribution < -0.4 is 5.73 Å². The minimum Gasteiger partial charge on any atom is -0.510 e. The molecule has 7 N–H and O–H groups in total. The summed E-state index contributed by atoms with van der Waals surface area (Å²) in [4.78, 5) is 40.7. The lowest BCUT2D eigenvalue weighted by atomic mass is 9.54. The number of likely N-dealkylation sites (N-methyl/N-ethyl adjacent to an activating group) is 1. The zero-order chi connectivity index (χ0) is 27.0. The maximum Gasteiger partial charge on any atom is 0.255 e. The molecule has 192 valence electrons. The van der Waals surface area contributed by atoms with Crippen LogP contribution in [0.1, 0.15) is 27.4 Å². The van der Waals surface area contributed by atoms with Gasteiger partial charge in [-0.2, -0.15) is 0 Å². The zero-order valence-corrected chi connectivity index (χ0v) is 20.0. The molecular formula is C27H26N2O8. The number of carbonyl (C=O) groups is 3. The van der Waals surface area contributed by atoms with Gasteiger partial charge in [0.05, 0.1) is 23.6 Å². The van der Waals surface area contributed by atoms with Gasteiger partial charge in [-0.25, -0.2) is 0 Å². The number of rotatable bonds is 3. The van der Waals surface area contributed by atoms with Gasteiger partial charge in [-0.3, -0.25) is 19.3 Å². The second kappa shape index (κ2) is 8.27. The third-order valence-corrected chi connectivity index (χ3v) is 7.82. The number of Topliss-reactive ketones (excluding diaryl/α,β-unsaturated/α-hetero) is 2. The Labute approximate surface area is 211 Å². The van der Waals surface area contributed by atoms with Gasteiger partial charge in [0.2, 0.25) is 5.78 Å².